The average Bonchev–Trinajstić information content (AvgIpc) is 3.03. The summed E-state index contributed by atoms with van der Waals surface area (Å²) in [7, 11) is 0. The molecule has 0 atom stereocenters. The minimum atomic E-state index is -0.933. The third-order valence-electron chi connectivity index (χ3n) is 2.12. The summed E-state index contributed by atoms with van der Waals surface area (Å²) in [6.07, 6.45) is 2.87. The summed E-state index contributed by atoms with van der Waals surface area (Å²) < 4.78 is 5.78. The summed E-state index contributed by atoms with van der Waals surface area (Å²) in [4.78, 5) is 22.1. The van der Waals surface area contributed by atoms with Crippen molar-refractivity contribution in [2.24, 2.45) is 0 Å². The summed E-state index contributed by atoms with van der Waals surface area (Å²) >= 11 is 2.17. The molecule has 0 bridgehead atoms. The van der Waals surface area contributed by atoms with E-state index in [9.17, 15) is 9.59 Å². The van der Waals surface area contributed by atoms with E-state index in [0.29, 0.717) is 15.2 Å². The predicted molar refractivity (Wildman–Crippen MR) is 79.4 cm³/mol. The largest absolute Gasteiger partial charge is 0.481 e. The van der Waals surface area contributed by atoms with Crippen LogP contribution in [0.4, 0.5) is 5.13 Å². The highest BCUT2D eigenvalue weighted by Crippen LogP contribution is 2.25. The Morgan fingerprint density at radius 1 is 1.48 bits per heavy atom. The van der Waals surface area contributed by atoms with E-state index < -0.39 is 5.97 Å². The van der Waals surface area contributed by atoms with Crippen LogP contribution in [-0.4, -0.2) is 32.9 Å². The van der Waals surface area contributed by atoms with Crippen molar-refractivity contribution in [3.63, 3.8) is 0 Å². The number of aliphatic carboxylic acids is 1. The first kappa shape index (κ1) is 15.3. The number of amides is 1. The lowest BCUT2D eigenvalue weighted by atomic mass is 10.4. The van der Waals surface area contributed by atoms with Crippen LogP contribution in [-0.2, 0) is 9.59 Å². The van der Waals surface area contributed by atoms with Gasteiger partial charge in [0, 0.05) is 6.08 Å². The molecule has 2 N–H and O–H groups in total. The first-order valence-corrected chi connectivity index (χ1v) is 7.57. The molecule has 2 aromatic rings. The number of nitrogens with one attached hydrogen (secondary N) is 1. The number of carboxylic acid groups (broad SMARTS) is 1. The maximum absolute atomic E-state index is 11.7. The molecule has 0 aliphatic rings. The molecule has 0 spiro atoms. The van der Waals surface area contributed by atoms with Gasteiger partial charge in [-0.25, -0.2) is 0 Å². The Bertz CT molecular complexity index is 678. The van der Waals surface area contributed by atoms with Gasteiger partial charge in [-0.3, -0.25) is 14.9 Å². The highest BCUT2D eigenvalue weighted by molar-refractivity contribution is 8.01. The molecule has 7 nitrogen and oxygen atoms in total. The first-order chi connectivity index (χ1) is 10.0. The minimum Gasteiger partial charge on any atom is -0.481 e. The molecule has 2 aromatic heterocycles. The van der Waals surface area contributed by atoms with Crippen LogP contribution in [0.3, 0.4) is 0 Å². The third kappa shape index (κ3) is 5.04. The standard InChI is InChI=1S/C12H11N3O4S2/c1-7-2-3-8(19-7)4-5-9(16)13-11-14-15-12(21-11)20-6-10(17)18/h2-5H,6H2,1H3,(H,17,18)(H,13,14,16)/b5-4+. The molecule has 9 heteroatoms. The number of furan rings is 1. The molecular weight excluding hydrogens is 314 g/mol. The Hall–Kier alpha value is -2.13. The predicted octanol–water partition coefficient (Wildman–Crippen LogP) is 2.27. The van der Waals surface area contributed by atoms with Crippen LogP contribution in [0, 0.1) is 6.92 Å². The number of carbonyl (C=O) groups is 2. The van der Waals surface area contributed by atoms with Crippen LogP contribution in [0.5, 0.6) is 0 Å². The Morgan fingerprint density at radius 3 is 2.95 bits per heavy atom. The molecule has 2 rings (SSSR count). The Kier molecular flexibility index (Phi) is 5.12. The summed E-state index contributed by atoms with van der Waals surface area (Å²) in [5.41, 5.74) is 0. The van der Waals surface area contributed by atoms with Crippen LogP contribution in [0.25, 0.3) is 6.08 Å². The Labute approximate surface area is 128 Å². The summed E-state index contributed by atoms with van der Waals surface area (Å²) in [6.45, 7) is 1.81. The van der Waals surface area contributed by atoms with Crippen LogP contribution in [0.1, 0.15) is 11.5 Å². The number of hydrogen-bond donors (Lipinski definition) is 2. The van der Waals surface area contributed by atoms with Gasteiger partial charge in [0.1, 0.15) is 11.5 Å². The lowest BCUT2D eigenvalue weighted by molar-refractivity contribution is -0.133. The fraction of sp³-hybridized carbons (Fsp3) is 0.167. The summed E-state index contributed by atoms with van der Waals surface area (Å²) in [5.74, 6) is -0.0512. The fourth-order valence-electron chi connectivity index (χ4n) is 1.29. The molecule has 0 radical (unpaired) electrons. The van der Waals surface area contributed by atoms with Gasteiger partial charge in [0.25, 0.3) is 0 Å². The molecule has 21 heavy (non-hydrogen) atoms. The molecule has 1 amide bonds. The van der Waals surface area contributed by atoms with E-state index in [0.717, 1.165) is 28.9 Å². The first-order valence-electron chi connectivity index (χ1n) is 5.76. The maximum Gasteiger partial charge on any atom is 0.313 e. The molecule has 0 saturated carbocycles. The maximum atomic E-state index is 11.7. The fourth-order valence-corrected chi connectivity index (χ4v) is 2.77. The number of thioether (sulfide) groups is 1. The van der Waals surface area contributed by atoms with Crippen molar-refractivity contribution in [3.8, 4) is 0 Å². The van der Waals surface area contributed by atoms with Gasteiger partial charge >= 0.3 is 5.97 Å². The monoisotopic (exact) mass is 325 g/mol. The molecular formula is C12H11N3O4S2. The van der Waals surface area contributed by atoms with Crippen molar-refractivity contribution >= 4 is 46.2 Å². The second kappa shape index (κ2) is 7.04. The molecule has 0 aliphatic heterocycles. The molecule has 2 heterocycles. The molecule has 110 valence electrons. The second-order valence-corrected chi connectivity index (χ2v) is 6.03. The number of carboxylic acids is 1. The van der Waals surface area contributed by atoms with Gasteiger partial charge < -0.3 is 9.52 Å². The number of nitrogens with zero attached hydrogens (tertiary/aromatic N) is 2. The van der Waals surface area contributed by atoms with E-state index in [4.69, 9.17) is 9.52 Å². The van der Waals surface area contributed by atoms with Crippen molar-refractivity contribution in [2.45, 2.75) is 11.3 Å². The van der Waals surface area contributed by atoms with E-state index in [1.165, 1.54) is 6.08 Å². The Morgan fingerprint density at radius 2 is 2.29 bits per heavy atom. The van der Waals surface area contributed by atoms with Crippen LogP contribution < -0.4 is 5.32 Å². The lowest BCUT2D eigenvalue weighted by Crippen LogP contribution is -2.07. The van der Waals surface area contributed by atoms with E-state index in [1.54, 1.807) is 18.2 Å². The smallest absolute Gasteiger partial charge is 0.313 e. The van der Waals surface area contributed by atoms with Crippen molar-refractivity contribution < 1.29 is 19.1 Å². The quantitative estimate of drug-likeness (QED) is 0.477. The van der Waals surface area contributed by atoms with Gasteiger partial charge in [-0.1, -0.05) is 23.1 Å². The number of carbonyl (C=O) groups excluding carboxylic acids is 1. The van der Waals surface area contributed by atoms with Gasteiger partial charge in [-0.15, -0.1) is 10.2 Å². The van der Waals surface area contributed by atoms with Gasteiger partial charge in [-0.05, 0) is 25.1 Å². The molecule has 0 fully saturated rings. The van der Waals surface area contributed by atoms with E-state index in [2.05, 4.69) is 15.5 Å². The summed E-state index contributed by atoms with van der Waals surface area (Å²) in [5, 5.41) is 18.9. The molecule has 0 aromatic carbocycles. The highest BCUT2D eigenvalue weighted by atomic mass is 32.2. The van der Waals surface area contributed by atoms with Crippen molar-refractivity contribution in [1.82, 2.24) is 10.2 Å². The average molecular weight is 325 g/mol. The number of aromatic nitrogens is 2. The zero-order valence-electron chi connectivity index (χ0n) is 10.9. The van der Waals surface area contributed by atoms with Crippen LogP contribution >= 0.6 is 23.1 Å². The van der Waals surface area contributed by atoms with E-state index in [1.807, 2.05) is 6.92 Å². The summed E-state index contributed by atoms with van der Waals surface area (Å²) in [6, 6.07) is 3.55. The van der Waals surface area contributed by atoms with E-state index >= 15 is 0 Å². The third-order valence-corrected chi connectivity index (χ3v) is 4.07. The van der Waals surface area contributed by atoms with Crippen LogP contribution in [0.2, 0.25) is 0 Å². The van der Waals surface area contributed by atoms with Gasteiger partial charge in [0.05, 0.1) is 5.75 Å². The minimum absolute atomic E-state index is 0.0969. The van der Waals surface area contributed by atoms with Crippen molar-refractivity contribution in [3.05, 3.63) is 29.7 Å². The van der Waals surface area contributed by atoms with Crippen molar-refractivity contribution in [1.29, 1.82) is 0 Å². The second-order valence-electron chi connectivity index (χ2n) is 3.83. The van der Waals surface area contributed by atoms with Gasteiger partial charge in [0.2, 0.25) is 11.0 Å². The zero-order valence-corrected chi connectivity index (χ0v) is 12.5. The highest BCUT2D eigenvalue weighted by Gasteiger charge is 2.08. The SMILES string of the molecule is Cc1ccc(/C=C/C(=O)Nc2nnc(SCC(=O)O)s2)o1. The van der Waals surface area contributed by atoms with Crippen molar-refractivity contribution in [2.75, 3.05) is 11.1 Å². The number of anilines is 1. The molecule has 0 saturated heterocycles. The van der Waals surface area contributed by atoms with Gasteiger partial charge in [0.15, 0.2) is 4.34 Å². The number of hydrogen-bond acceptors (Lipinski definition) is 7. The molecule has 0 aliphatic carbocycles. The topological polar surface area (TPSA) is 105 Å². The lowest BCUT2D eigenvalue weighted by Gasteiger charge is -1.93. The van der Waals surface area contributed by atoms with Gasteiger partial charge in [-0.2, -0.15) is 0 Å². The van der Waals surface area contributed by atoms with E-state index in [-0.39, 0.29) is 11.7 Å². The Balaban J connectivity index is 1.87. The molecule has 0 unspecified atom stereocenters. The van der Waals surface area contributed by atoms with Crippen LogP contribution in [0.15, 0.2) is 27.0 Å². The number of rotatable bonds is 6. The zero-order chi connectivity index (χ0) is 15.2. The normalized spacial score (nSPS) is 10.9. The number of aryl methyl sites for hydroxylation is 1.